The van der Waals surface area contributed by atoms with E-state index in [9.17, 15) is 4.79 Å². The fraction of sp³-hybridized carbons (Fsp3) is 0.286. The van der Waals surface area contributed by atoms with Crippen molar-refractivity contribution in [2.45, 2.75) is 13.3 Å². The number of amides is 1. The lowest BCUT2D eigenvalue weighted by molar-refractivity contribution is -0.121. The minimum absolute atomic E-state index is 0.0287. The quantitative estimate of drug-likeness (QED) is 0.863. The Balaban J connectivity index is 1.71. The zero-order valence-corrected chi connectivity index (χ0v) is 10.6. The zero-order chi connectivity index (χ0) is 13.2. The van der Waals surface area contributed by atoms with Crippen LogP contribution in [0.25, 0.3) is 0 Å². The van der Waals surface area contributed by atoms with Crippen molar-refractivity contribution < 1.29 is 9.53 Å². The van der Waals surface area contributed by atoms with Crippen molar-refractivity contribution in [2.24, 2.45) is 5.92 Å². The summed E-state index contributed by atoms with van der Waals surface area (Å²) < 4.78 is 5.62. The van der Waals surface area contributed by atoms with Gasteiger partial charge in [-0.15, -0.1) is 0 Å². The van der Waals surface area contributed by atoms with Gasteiger partial charge in [0.2, 0.25) is 5.91 Å². The van der Waals surface area contributed by atoms with Gasteiger partial charge in [-0.05, 0) is 25.0 Å². The molecule has 1 aromatic carbocycles. The van der Waals surface area contributed by atoms with Crippen LogP contribution in [0.5, 0.6) is 5.75 Å². The molecule has 98 valence electrons. The average molecular weight is 257 g/mol. The van der Waals surface area contributed by atoms with Gasteiger partial charge in [0.05, 0.1) is 23.5 Å². The number of ether oxygens (including phenoxy) is 1. The van der Waals surface area contributed by atoms with Crippen molar-refractivity contribution in [1.29, 1.82) is 0 Å². The Labute approximate surface area is 111 Å². The van der Waals surface area contributed by atoms with Gasteiger partial charge in [-0.25, -0.2) is 0 Å². The monoisotopic (exact) mass is 257 g/mol. The molecule has 0 radical (unpaired) electrons. The normalized spacial score (nSPS) is 17.4. The lowest BCUT2D eigenvalue weighted by Gasteiger charge is -2.24. The molecule has 19 heavy (non-hydrogen) atoms. The first-order chi connectivity index (χ1) is 9.24. The second kappa shape index (κ2) is 4.76. The summed E-state index contributed by atoms with van der Waals surface area (Å²) in [5, 5.41) is 9.56. The van der Waals surface area contributed by atoms with Crippen LogP contribution in [0.2, 0.25) is 0 Å². The number of benzene rings is 1. The van der Waals surface area contributed by atoms with Crippen LogP contribution in [0, 0.1) is 12.8 Å². The fourth-order valence-corrected chi connectivity index (χ4v) is 2.21. The van der Waals surface area contributed by atoms with Crippen molar-refractivity contribution in [3.05, 3.63) is 41.7 Å². The number of H-pyrrole nitrogens is 1. The predicted octanol–water partition coefficient (Wildman–Crippen LogP) is 1.91. The maximum atomic E-state index is 12.2. The minimum Gasteiger partial charge on any atom is -0.492 e. The first kappa shape index (κ1) is 11.8. The van der Waals surface area contributed by atoms with Crippen LogP contribution in [0.4, 0.5) is 5.69 Å². The molecule has 1 aromatic heterocycles. The molecule has 0 bridgehead atoms. The number of nitrogens with zero attached hydrogens (tertiary/aromatic N) is 1. The Morgan fingerprint density at radius 1 is 1.47 bits per heavy atom. The van der Waals surface area contributed by atoms with Gasteiger partial charge in [0.25, 0.3) is 0 Å². The van der Waals surface area contributed by atoms with Crippen molar-refractivity contribution in [3.8, 4) is 5.75 Å². The Morgan fingerprint density at radius 3 is 3.11 bits per heavy atom. The summed E-state index contributed by atoms with van der Waals surface area (Å²) in [5.74, 6) is 0.689. The number of carbonyl (C=O) groups excluding carboxylic acids is 1. The highest BCUT2D eigenvalue weighted by Crippen LogP contribution is 2.27. The summed E-state index contributed by atoms with van der Waals surface area (Å²) in [6.07, 6.45) is 2.32. The lowest BCUT2D eigenvalue weighted by atomic mass is 9.96. The molecular weight excluding hydrogens is 242 g/mol. The standard InChI is InChI=1S/C14H15N3O2/c1-9-12(7-15-17-9)16-14(18)11-6-10-4-2-3-5-13(10)19-8-11/h2-5,7,11H,6,8H2,1H3,(H,15,17)(H,16,18)/t11-/m1/s1. The molecule has 0 aliphatic carbocycles. The Bertz CT molecular complexity index is 606. The molecule has 2 aromatic rings. The molecule has 1 atom stereocenters. The van der Waals surface area contributed by atoms with Crippen molar-refractivity contribution in [3.63, 3.8) is 0 Å². The summed E-state index contributed by atoms with van der Waals surface area (Å²) in [6.45, 7) is 2.29. The van der Waals surface area contributed by atoms with Crippen LogP contribution in [0.15, 0.2) is 30.5 Å². The van der Waals surface area contributed by atoms with Crippen LogP contribution >= 0.6 is 0 Å². The molecule has 1 amide bonds. The number of aromatic amines is 1. The van der Waals surface area contributed by atoms with Crippen molar-refractivity contribution >= 4 is 11.6 Å². The van der Waals surface area contributed by atoms with E-state index in [4.69, 9.17) is 4.74 Å². The summed E-state index contributed by atoms with van der Waals surface area (Å²) in [7, 11) is 0. The van der Waals surface area contributed by atoms with Crippen LogP contribution in [-0.4, -0.2) is 22.7 Å². The molecule has 5 heteroatoms. The molecule has 0 saturated heterocycles. The van der Waals surface area contributed by atoms with Gasteiger partial charge in [-0.3, -0.25) is 9.89 Å². The number of rotatable bonds is 2. The van der Waals surface area contributed by atoms with Crippen LogP contribution in [0.1, 0.15) is 11.3 Å². The van der Waals surface area contributed by atoms with Crippen molar-refractivity contribution in [2.75, 3.05) is 11.9 Å². The van der Waals surface area contributed by atoms with E-state index in [0.29, 0.717) is 13.0 Å². The number of carbonyl (C=O) groups is 1. The van der Waals surface area contributed by atoms with Gasteiger partial charge in [0.15, 0.2) is 0 Å². The Morgan fingerprint density at radius 2 is 2.32 bits per heavy atom. The van der Waals surface area contributed by atoms with Gasteiger partial charge in [0, 0.05) is 0 Å². The van der Waals surface area contributed by atoms with E-state index in [1.165, 1.54) is 0 Å². The van der Waals surface area contributed by atoms with Gasteiger partial charge >= 0.3 is 0 Å². The molecular formula is C14H15N3O2. The number of anilines is 1. The largest absolute Gasteiger partial charge is 0.492 e. The van der Waals surface area contributed by atoms with Crippen LogP contribution in [0.3, 0.4) is 0 Å². The minimum atomic E-state index is -0.163. The maximum Gasteiger partial charge on any atom is 0.231 e. The topological polar surface area (TPSA) is 67.0 Å². The number of nitrogens with one attached hydrogen (secondary N) is 2. The van der Waals surface area contributed by atoms with Gasteiger partial charge < -0.3 is 10.1 Å². The zero-order valence-electron chi connectivity index (χ0n) is 10.6. The van der Waals surface area contributed by atoms with E-state index in [1.807, 2.05) is 31.2 Å². The van der Waals surface area contributed by atoms with E-state index in [0.717, 1.165) is 22.7 Å². The van der Waals surface area contributed by atoms with Crippen molar-refractivity contribution in [1.82, 2.24) is 10.2 Å². The lowest BCUT2D eigenvalue weighted by Crippen LogP contribution is -2.32. The third-order valence-corrected chi connectivity index (χ3v) is 3.34. The van der Waals surface area contributed by atoms with E-state index in [1.54, 1.807) is 6.20 Å². The predicted molar refractivity (Wildman–Crippen MR) is 71.1 cm³/mol. The first-order valence-electron chi connectivity index (χ1n) is 6.25. The summed E-state index contributed by atoms with van der Waals surface area (Å²) in [5.41, 5.74) is 2.66. The molecule has 0 unspecified atom stereocenters. The summed E-state index contributed by atoms with van der Waals surface area (Å²) in [6, 6.07) is 7.83. The van der Waals surface area contributed by atoms with E-state index < -0.39 is 0 Å². The molecule has 1 aliphatic heterocycles. The number of hydrogen-bond donors (Lipinski definition) is 2. The molecule has 5 nitrogen and oxygen atoms in total. The highest BCUT2D eigenvalue weighted by molar-refractivity contribution is 5.93. The average Bonchev–Trinajstić information content (AvgIpc) is 2.84. The van der Waals surface area contributed by atoms with Crippen LogP contribution in [-0.2, 0) is 11.2 Å². The molecule has 0 fully saturated rings. The number of aromatic nitrogens is 2. The molecule has 0 saturated carbocycles. The smallest absolute Gasteiger partial charge is 0.231 e. The summed E-state index contributed by atoms with van der Waals surface area (Å²) in [4.78, 5) is 12.2. The number of aryl methyl sites for hydroxylation is 1. The molecule has 0 spiro atoms. The third-order valence-electron chi connectivity index (χ3n) is 3.34. The van der Waals surface area contributed by atoms with E-state index in [2.05, 4.69) is 15.5 Å². The molecule has 2 heterocycles. The van der Waals surface area contributed by atoms with E-state index in [-0.39, 0.29) is 11.8 Å². The van der Waals surface area contributed by atoms with Gasteiger partial charge in [-0.1, -0.05) is 18.2 Å². The maximum absolute atomic E-state index is 12.2. The Kier molecular flexibility index (Phi) is 2.95. The van der Waals surface area contributed by atoms with Gasteiger partial charge in [0.1, 0.15) is 12.4 Å². The fourth-order valence-electron chi connectivity index (χ4n) is 2.21. The Hall–Kier alpha value is -2.30. The molecule has 1 aliphatic rings. The SMILES string of the molecule is Cc1[nH]ncc1NC(=O)[C@H]1COc2ccccc2C1. The van der Waals surface area contributed by atoms with Gasteiger partial charge in [-0.2, -0.15) is 5.10 Å². The highest BCUT2D eigenvalue weighted by atomic mass is 16.5. The number of para-hydroxylation sites is 1. The number of fused-ring (bicyclic) bond motifs is 1. The molecule has 2 N–H and O–H groups in total. The van der Waals surface area contributed by atoms with Crippen LogP contribution < -0.4 is 10.1 Å². The molecule has 3 rings (SSSR count). The highest BCUT2D eigenvalue weighted by Gasteiger charge is 2.26. The summed E-state index contributed by atoms with van der Waals surface area (Å²) >= 11 is 0. The van der Waals surface area contributed by atoms with E-state index >= 15 is 0 Å². The first-order valence-corrected chi connectivity index (χ1v) is 6.25. The third kappa shape index (κ3) is 2.31. The second-order valence-corrected chi connectivity index (χ2v) is 4.72. The second-order valence-electron chi connectivity index (χ2n) is 4.72. The number of hydrogen-bond acceptors (Lipinski definition) is 3.